The fourth-order valence-electron chi connectivity index (χ4n) is 1.88. The van der Waals surface area contributed by atoms with Crippen molar-refractivity contribution >= 4 is 11.4 Å². The molecule has 1 aromatic carbocycles. The second-order valence-electron chi connectivity index (χ2n) is 4.00. The number of rotatable bonds is 4. The van der Waals surface area contributed by atoms with Gasteiger partial charge < -0.3 is 14.4 Å². The molecule has 2 rings (SSSR count). The zero-order chi connectivity index (χ0) is 13.1. The number of ether oxygens (including phenoxy) is 1. The van der Waals surface area contributed by atoms with Crippen LogP contribution in [0.25, 0.3) is 0 Å². The Morgan fingerprint density at radius 2 is 2.44 bits per heavy atom. The molecule has 1 aliphatic heterocycles. The van der Waals surface area contributed by atoms with Crippen molar-refractivity contribution in [2.24, 2.45) is 0 Å². The second-order valence-corrected chi connectivity index (χ2v) is 4.65. The average molecular weight is 275 g/mol. The molecule has 1 unspecified atom stereocenters. The molecule has 0 saturated heterocycles. The van der Waals surface area contributed by atoms with Gasteiger partial charge in [0.1, 0.15) is 23.8 Å². The molecule has 3 atom stereocenters. The van der Waals surface area contributed by atoms with E-state index in [-0.39, 0.29) is 12.4 Å². The number of fused-ring (bicyclic) bond motifs is 1. The summed E-state index contributed by atoms with van der Waals surface area (Å²) in [4.78, 5) is 0. The number of aliphatic hydroxyl groups excluding tert-OH is 1. The van der Waals surface area contributed by atoms with Crippen molar-refractivity contribution < 1.29 is 27.2 Å². The Morgan fingerprint density at radius 1 is 1.67 bits per heavy atom. The molecule has 0 aromatic heterocycles. The van der Waals surface area contributed by atoms with Crippen LogP contribution < -0.4 is 4.74 Å². The molecule has 0 saturated carbocycles. The molecular formula is C11H12FO5S-. The second kappa shape index (κ2) is 5.75. The van der Waals surface area contributed by atoms with E-state index in [0.29, 0.717) is 18.6 Å². The Balaban J connectivity index is 1.98. The topological polar surface area (TPSA) is 78.8 Å². The van der Waals surface area contributed by atoms with Gasteiger partial charge in [0.2, 0.25) is 0 Å². The smallest absolute Gasteiger partial charge is 0.127 e. The van der Waals surface area contributed by atoms with Crippen LogP contribution in [0.1, 0.15) is 12.0 Å². The lowest BCUT2D eigenvalue weighted by atomic mass is 9.99. The number of hydrogen-bond donors (Lipinski definition) is 1. The van der Waals surface area contributed by atoms with Crippen LogP contribution in [0.3, 0.4) is 0 Å². The third-order valence-electron chi connectivity index (χ3n) is 2.76. The molecule has 1 aromatic rings. The van der Waals surface area contributed by atoms with Crippen molar-refractivity contribution in [3.63, 3.8) is 0 Å². The molecule has 0 amide bonds. The summed E-state index contributed by atoms with van der Waals surface area (Å²) in [5.41, 5.74) is 0.742. The lowest BCUT2D eigenvalue weighted by molar-refractivity contribution is -0.00257. The molecule has 0 aliphatic carbocycles. The summed E-state index contributed by atoms with van der Waals surface area (Å²) in [6, 6.07) is 4.16. The molecular weight excluding hydrogens is 263 g/mol. The number of aliphatic hydroxyl groups is 1. The third kappa shape index (κ3) is 3.26. The normalized spacial score (nSPS) is 21.8. The van der Waals surface area contributed by atoms with E-state index in [9.17, 15) is 18.3 Å². The minimum absolute atomic E-state index is 0.332. The van der Waals surface area contributed by atoms with Gasteiger partial charge in [-0.05, 0) is 36.6 Å². The standard InChI is InChI=1S/C11H13FO5S/c12-8-2-4-10-7(5-8)1-3-11(17-10)9(13)6-16-18(14)15/h2,4-5,9,11,13H,1,3,6H2,(H,14,15)/p-1/t9-,11-/m1/s1. The maximum Gasteiger partial charge on any atom is 0.127 e. The molecule has 0 bridgehead atoms. The predicted octanol–water partition coefficient (Wildman–Crippen LogP) is 0.691. The monoisotopic (exact) mass is 275 g/mol. The molecule has 18 heavy (non-hydrogen) atoms. The van der Waals surface area contributed by atoms with E-state index in [1.54, 1.807) is 0 Å². The van der Waals surface area contributed by atoms with Crippen LogP contribution in [-0.2, 0) is 22.0 Å². The van der Waals surface area contributed by atoms with Crippen LogP contribution in [-0.4, -0.2) is 32.7 Å². The van der Waals surface area contributed by atoms with E-state index >= 15 is 0 Å². The van der Waals surface area contributed by atoms with Gasteiger partial charge in [0.15, 0.2) is 0 Å². The quantitative estimate of drug-likeness (QED) is 0.818. The maximum absolute atomic E-state index is 13.0. The van der Waals surface area contributed by atoms with E-state index in [1.165, 1.54) is 18.2 Å². The Bertz CT molecular complexity index is 453. The summed E-state index contributed by atoms with van der Waals surface area (Å²) < 4.78 is 43.2. The largest absolute Gasteiger partial charge is 0.750 e. The molecule has 7 heteroatoms. The predicted molar refractivity (Wildman–Crippen MR) is 60.0 cm³/mol. The highest BCUT2D eigenvalue weighted by Crippen LogP contribution is 2.29. The van der Waals surface area contributed by atoms with Gasteiger partial charge >= 0.3 is 0 Å². The number of hydrogen-bond acceptors (Lipinski definition) is 5. The summed E-state index contributed by atoms with van der Waals surface area (Å²) in [6.45, 7) is -0.350. The highest BCUT2D eigenvalue weighted by molar-refractivity contribution is 7.74. The van der Waals surface area contributed by atoms with Crippen LogP contribution in [0.5, 0.6) is 5.75 Å². The average Bonchev–Trinajstić information content (AvgIpc) is 2.35. The van der Waals surface area contributed by atoms with Crippen LogP contribution in [0.2, 0.25) is 0 Å². The Kier molecular flexibility index (Phi) is 4.28. The van der Waals surface area contributed by atoms with E-state index in [1.807, 2.05) is 0 Å². The molecule has 0 fully saturated rings. The summed E-state index contributed by atoms with van der Waals surface area (Å²) in [5, 5.41) is 9.71. The first-order chi connectivity index (χ1) is 8.56. The zero-order valence-electron chi connectivity index (χ0n) is 9.37. The minimum atomic E-state index is -2.65. The first-order valence-corrected chi connectivity index (χ1v) is 6.42. The van der Waals surface area contributed by atoms with Gasteiger partial charge in [-0.15, -0.1) is 0 Å². The lowest BCUT2D eigenvalue weighted by Crippen LogP contribution is -2.38. The summed E-state index contributed by atoms with van der Waals surface area (Å²) >= 11 is -2.65. The summed E-state index contributed by atoms with van der Waals surface area (Å²) in [5.74, 6) is 0.177. The SMILES string of the molecule is O=S([O-])OC[C@@H](O)[C@H]1CCc2cc(F)ccc2O1. The number of halogens is 1. The van der Waals surface area contributed by atoms with Crippen LogP contribution in [0.15, 0.2) is 18.2 Å². The fraction of sp³-hybridized carbons (Fsp3) is 0.455. The number of aryl methyl sites for hydroxylation is 1. The molecule has 100 valence electrons. The summed E-state index contributed by atoms with van der Waals surface area (Å²) in [7, 11) is 0. The van der Waals surface area contributed by atoms with Gasteiger partial charge in [-0.3, -0.25) is 4.18 Å². The van der Waals surface area contributed by atoms with Crippen molar-refractivity contribution in [1.29, 1.82) is 0 Å². The Hall–Kier alpha value is -1.02. The van der Waals surface area contributed by atoms with Gasteiger partial charge in [-0.2, -0.15) is 0 Å². The Morgan fingerprint density at radius 3 is 3.17 bits per heavy atom. The molecule has 1 aliphatic rings. The van der Waals surface area contributed by atoms with E-state index in [4.69, 9.17) is 4.74 Å². The minimum Gasteiger partial charge on any atom is -0.750 e. The molecule has 0 radical (unpaired) electrons. The lowest BCUT2D eigenvalue weighted by Gasteiger charge is -2.29. The van der Waals surface area contributed by atoms with E-state index < -0.39 is 23.6 Å². The Labute approximate surface area is 106 Å². The molecule has 1 N–H and O–H groups in total. The highest BCUT2D eigenvalue weighted by atomic mass is 32.2. The van der Waals surface area contributed by atoms with E-state index in [2.05, 4.69) is 4.18 Å². The maximum atomic E-state index is 13.0. The van der Waals surface area contributed by atoms with Crippen LogP contribution in [0, 0.1) is 5.82 Å². The van der Waals surface area contributed by atoms with Crippen molar-refractivity contribution in [2.45, 2.75) is 25.0 Å². The molecule has 0 spiro atoms. The van der Waals surface area contributed by atoms with Crippen LogP contribution >= 0.6 is 0 Å². The van der Waals surface area contributed by atoms with Crippen molar-refractivity contribution in [1.82, 2.24) is 0 Å². The fourth-order valence-corrected chi connectivity index (χ4v) is 2.13. The highest BCUT2D eigenvalue weighted by Gasteiger charge is 2.26. The van der Waals surface area contributed by atoms with Crippen LogP contribution in [0.4, 0.5) is 4.39 Å². The van der Waals surface area contributed by atoms with Gasteiger partial charge in [-0.1, -0.05) is 0 Å². The first-order valence-electron chi connectivity index (χ1n) is 5.42. The number of benzene rings is 1. The van der Waals surface area contributed by atoms with Gasteiger partial charge in [0.05, 0.1) is 18.0 Å². The van der Waals surface area contributed by atoms with Crippen molar-refractivity contribution in [3.05, 3.63) is 29.6 Å². The first kappa shape index (κ1) is 13.4. The zero-order valence-corrected chi connectivity index (χ0v) is 10.2. The molecule has 1 heterocycles. The summed E-state index contributed by atoms with van der Waals surface area (Å²) in [6.07, 6.45) is -0.547. The van der Waals surface area contributed by atoms with Crippen molar-refractivity contribution in [2.75, 3.05) is 6.61 Å². The third-order valence-corrected chi connectivity index (χ3v) is 3.09. The molecule has 5 nitrogen and oxygen atoms in total. The van der Waals surface area contributed by atoms with Gasteiger partial charge in [0, 0.05) is 0 Å². The van der Waals surface area contributed by atoms with E-state index in [0.717, 1.165) is 5.56 Å². The van der Waals surface area contributed by atoms with Gasteiger partial charge in [0.25, 0.3) is 0 Å². The van der Waals surface area contributed by atoms with Crippen molar-refractivity contribution in [3.8, 4) is 5.75 Å². The van der Waals surface area contributed by atoms with Gasteiger partial charge in [-0.25, -0.2) is 8.60 Å².